The summed E-state index contributed by atoms with van der Waals surface area (Å²) in [5.41, 5.74) is -3.19. The van der Waals surface area contributed by atoms with E-state index in [4.69, 9.17) is 17.3 Å². The molecule has 1 aliphatic rings. The van der Waals surface area contributed by atoms with Gasteiger partial charge in [0, 0.05) is 30.1 Å². The van der Waals surface area contributed by atoms with Gasteiger partial charge in [-0.25, -0.2) is 14.1 Å². The van der Waals surface area contributed by atoms with Gasteiger partial charge in [0.05, 0.1) is 11.5 Å². The Balaban J connectivity index is 2.13. The van der Waals surface area contributed by atoms with Gasteiger partial charge in [0.15, 0.2) is 17.3 Å². The highest BCUT2D eigenvalue weighted by atomic mass is 35.5. The molecule has 3 rings (SSSR count). The third-order valence-corrected chi connectivity index (χ3v) is 5.90. The van der Waals surface area contributed by atoms with Crippen molar-refractivity contribution in [3.05, 3.63) is 46.2 Å². The van der Waals surface area contributed by atoms with Gasteiger partial charge in [-0.1, -0.05) is 17.7 Å². The Bertz CT molecular complexity index is 1270. The first kappa shape index (κ1) is 28.2. The molecule has 0 aliphatic heterocycles. The summed E-state index contributed by atoms with van der Waals surface area (Å²) in [6.45, 7) is -3.95. The number of aliphatic imine (C=N–C) groups is 1. The van der Waals surface area contributed by atoms with Crippen molar-refractivity contribution in [1.29, 1.82) is 5.26 Å². The van der Waals surface area contributed by atoms with Gasteiger partial charge in [-0.05, 0) is 36.1 Å². The predicted octanol–water partition coefficient (Wildman–Crippen LogP) is 6.22. The van der Waals surface area contributed by atoms with Gasteiger partial charge in [0.1, 0.15) is 0 Å². The minimum absolute atomic E-state index is 0.00411. The lowest BCUT2D eigenvalue weighted by Crippen LogP contribution is -2.51. The predicted molar refractivity (Wildman–Crippen MR) is 113 cm³/mol. The maximum Gasteiger partial charge on any atom is 0.437 e. The van der Waals surface area contributed by atoms with Crippen LogP contribution in [0.5, 0.6) is 5.75 Å². The lowest BCUT2D eigenvalue weighted by Gasteiger charge is -2.28. The van der Waals surface area contributed by atoms with E-state index in [-0.39, 0.29) is 20.8 Å². The number of rotatable bonds is 7. The van der Waals surface area contributed by atoms with E-state index in [2.05, 4.69) is 20.9 Å². The van der Waals surface area contributed by atoms with Crippen LogP contribution in [0.3, 0.4) is 0 Å². The maximum absolute atomic E-state index is 14.6. The Morgan fingerprint density at radius 1 is 1.22 bits per heavy atom. The van der Waals surface area contributed by atoms with Crippen LogP contribution in [0, 0.1) is 11.3 Å². The number of ether oxygens (including phenoxy) is 1. The largest absolute Gasteiger partial charge is 0.437 e. The number of allylic oxidation sites excluding steroid dienone is 1. The second-order valence-electron chi connectivity index (χ2n) is 7.93. The van der Waals surface area contributed by atoms with E-state index in [9.17, 15) is 44.8 Å². The third kappa shape index (κ3) is 4.94. The minimum atomic E-state index is -6.64. The zero-order chi connectivity index (χ0) is 28.0. The molecule has 200 valence electrons. The van der Waals surface area contributed by atoms with Gasteiger partial charge in [0.25, 0.3) is 0 Å². The fraction of sp³-hybridized carbons (Fsp3) is 0.381. The van der Waals surface area contributed by atoms with E-state index < -0.39 is 47.3 Å². The van der Waals surface area contributed by atoms with Crippen LogP contribution in [0.2, 0.25) is 5.02 Å². The molecule has 2 aromatic rings. The van der Waals surface area contributed by atoms with Crippen molar-refractivity contribution in [1.82, 2.24) is 9.78 Å². The van der Waals surface area contributed by atoms with Crippen LogP contribution in [-0.4, -0.2) is 35.0 Å². The average Bonchev–Trinajstić information content (AvgIpc) is 3.53. The molecule has 1 aromatic heterocycles. The van der Waals surface area contributed by atoms with Crippen LogP contribution in [0.15, 0.2) is 29.4 Å². The van der Waals surface area contributed by atoms with Gasteiger partial charge in [-0.15, -0.1) is 0 Å². The van der Waals surface area contributed by atoms with Crippen LogP contribution < -0.4 is 10.5 Å². The summed E-state index contributed by atoms with van der Waals surface area (Å²) >= 11 is 6.18. The average molecular weight is 560 g/mol. The quantitative estimate of drug-likeness (QED) is 0.322. The van der Waals surface area contributed by atoms with Gasteiger partial charge in [-0.3, -0.25) is 0 Å². The van der Waals surface area contributed by atoms with Crippen molar-refractivity contribution in [2.24, 2.45) is 17.8 Å². The molecule has 0 unspecified atom stereocenters. The van der Waals surface area contributed by atoms with E-state index in [0.717, 1.165) is 19.5 Å². The number of alkyl halides is 9. The van der Waals surface area contributed by atoms with Gasteiger partial charge < -0.3 is 10.5 Å². The number of hydrogen-bond acceptors (Lipinski definition) is 5. The van der Waals surface area contributed by atoms with Crippen molar-refractivity contribution in [3.8, 4) is 11.8 Å². The highest BCUT2D eigenvalue weighted by Crippen LogP contribution is 2.56. The summed E-state index contributed by atoms with van der Waals surface area (Å²) in [5, 5.41) is 12.5. The summed E-state index contributed by atoms with van der Waals surface area (Å²) < 4.78 is 124. The number of nitriles is 1. The number of benzene rings is 1. The second kappa shape index (κ2) is 9.47. The molecule has 37 heavy (non-hydrogen) atoms. The number of aromatic nitrogens is 2. The number of aryl methyl sites for hydroxylation is 1. The fourth-order valence-electron chi connectivity index (χ4n) is 3.47. The zero-order valence-corrected chi connectivity index (χ0v) is 19.2. The first-order valence-corrected chi connectivity index (χ1v) is 10.4. The topological polar surface area (TPSA) is 89.2 Å². The van der Waals surface area contributed by atoms with E-state index in [1.54, 1.807) is 0 Å². The summed E-state index contributed by atoms with van der Waals surface area (Å²) in [6.07, 6.45) is -10.5. The molecule has 1 aliphatic carbocycles. The van der Waals surface area contributed by atoms with E-state index in [1.807, 2.05) is 0 Å². The molecular weight excluding hydrogens is 545 g/mol. The summed E-state index contributed by atoms with van der Waals surface area (Å²) in [5.74, 6) is -2.96. The van der Waals surface area contributed by atoms with Crippen molar-refractivity contribution >= 4 is 29.2 Å². The first-order chi connectivity index (χ1) is 17.0. The number of nitrogens with two attached hydrogens (primary N) is 1. The van der Waals surface area contributed by atoms with Gasteiger partial charge >= 0.3 is 24.6 Å². The van der Waals surface area contributed by atoms with E-state index in [0.29, 0.717) is 18.4 Å². The molecule has 0 atom stereocenters. The van der Waals surface area contributed by atoms with Gasteiger partial charge in [0.2, 0.25) is 0 Å². The van der Waals surface area contributed by atoms with Crippen molar-refractivity contribution in [3.63, 3.8) is 0 Å². The summed E-state index contributed by atoms with van der Waals surface area (Å²) in [7, 11) is 0.748. The summed E-state index contributed by atoms with van der Waals surface area (Å²) in [4.78, 5) is 3.62. The molecular formula is C21H15ClF9N5O. The van der Waals surface area contributed by atoms with Crippen LogP contribution in [-0.2, 0) is 18.1 Å². The highest BCUT2D eigenvalue weighted by Gasteiger charge is 2.76. The molecule has 0 saturated heterocycles. The zero-order valence-electron chi connectivity index (χ0n) is 18.4. The van der Waals surface area contributed by atoms with E-state index >= 15 is 0 Å². The van der Waals surface area contributed by atoms with Crippen molar-refractivity contribution in [2.45, 2.75) is 42.9 Å². The molecule has 16 heteroatoms. The monoisotopic (exact) mass is 559 g/mol. The van der Waals surface area contributed by atoms with Crippen LogP contribution in [0.1, 0.15) is 29.7 Å². The molecule has 6 nitrogen and oxygen atoms in total. The molecule has 2 N–H and O–H groups in total. The molecule has 1 fully saturated rings. The van der Waals surface area contributed by atoms with Crippen LogP contribution in [0.4, 0.5) is 45.3 Å². The number of halogens is 10. The highest BCUT2D eigenvalue weighted by molar-refractivity contribution is 6.31. The third-order valence-electron chi connectivity index (χ3n) is 5.57. The summed E-state index contributed by atoms with van der Waals surface area (Å²) in [6, 6.07) is 6.47. The fourth-order valence-corrected chi connectivity index (χ4v) is 3.77. The van der Waals surface area contributed by atoms with E-state index in [1.165, 1.54) is 18.2 Å². The van der Waals surface area contributed by atoms with Crippen LogP contribution >= 0.6 is 11.6 Å². The SMILES string of the molecule is Cn1nc(C(F)(C(F)(F)F)C(F)(F)F)c(OC(F)F)c1N=CC(=CN)c1ccc(Cl)c(C2(C#N)CC2)c1. The minimum Gasteiger partial charge on any atom is -0.429 e. The molecule has 1 saturated carbocycles. The molecule has 1 heterocycles. The number of nitrogens with zero attached hydrogens (tertiary/aromatic N) is 4. The lowest BCUT2D eigenvalue weighted by atomic mass is 9.94. The molecule has 0 amide bonds. The Labute approximate surface area is 207 Å². The first-order valence-electron chi connectivity index (χ1n) is 10.0. The molecule has 0 spiro atoms. The second-order valence-corrected chi connectivity index (χ2v) is 8.33. The van der Waals surface area contributed by atoms with Gasteiger partial charge in [-0.2, -0.15) is 45.5 Å². The molecule has 0 bridgehead atoms. The smallest absolute Gasteiger partial charge is 0.429 e. The van der Waals surface area contributed by atoms with Crippen molar-refractivity contribution < 1.29 is 44.3 Å². The van der Waals surface area contributed by atoms with Crippen molar-refractivity contribution in [2.75, 3.05) is 0 Å². The normalized spacial score (nSPS) is 16.4. The maximum atomic E-state index is 14.6. The Morgan fingerprint density at radius 2 is 1.81 bits per heavy atom. The molecule has 1 aromatic carbocycles. The standard InChI is InChI=1S/C21H15ClF9N5O/c1-36-16(14(37-17(23)24)15(35-36)19(25,20(26,27)28)21(29,30)31)34-8-11(7-32)10-2-3-13(22)12(6-10)18(9-33)4-5-18/h2-3,6-8,17H,4-5,32H2,1H3. The Hall–Kier alpha value is -3.41. The number of hydrogen-bond donors (Lipinski definition) is 1. The Morgan fingerprint density at radius 3 is 2.27 bits per heavy atom. The Kier molecular flexibility index (Phi) is 7.21. The molecule has 0 radical (unpaired) electrons. The van der Waals surface area contributed by atoms with Crippen LogP contribution in [0.25, 0.3) is 5.57 Å². The lowest BCUT2D eigenvalue weighted by molar-refractivity contribution is -0.350.